The van der Waals surface area contributed by atoms with Crippen LogP contribution in [0.15, 0.2) is 45.9 Å². The predicted octanol–water partition coefficient (Wildman–Crippen LogP) is 6.93. The summed E-state index contributed by atoms with van der Waals surface area (Å²) >= 11 is 3.46. The second-order valence-corrected chi connectivity index (χ2v) is 9.88. The van der Waals surface area contributed by atoms with E-state index in [9.17, 15) is 5.11 Å². The normalized spacial score (nSPS) is 14.0. The average molecular weight is 416 g/mol. The Bertz CT molecular complexity index is 793. The minimum atomic E-state index is -0.134. The van der Waals surface area contributed by atoms with E-state index < -0.39 is 0 Å². The summed E-state index contributed by atoms with van der Waals surface area (Å²) in [5.41, 5.74) is 3.97. The highest BCUT2D eigenvalue weighted by Crippen LogP contribution is 2.37. The van der Waals surface area contributed by atoms with Gasteiger partial charge in [0.05, 0.1) is 6.04 Å². The second kappa shape index (κ2) is 7.56. The number of halogens is 1. The zero-order valence-corrected chi connectivity index (χ0v) is 18.5. The summed E-state index contributed by atoms with van der Waals surface area (Å²) in [6.45, 7) is 15.0. The highest BCUT2D eigenvalue weighted by Gasteiger charge is 2.24. The number of hydrogen-bond donors (Lipinski definition) is 1. The molecule has 140 valence electrons. The molecule has 0 saturated carbocycles. The van der Waals surface area contributed by atoms with Gasteiger partial charge in [-0.3, -0.25) is 4.99 Å². The van der Waals surface area contributed by atoms with E-state index in [2.05, 4.69) is 88.7 Å². The average Bonchev–Trinajstić information content (AvgIpc) is 2.52. The van der Waals surface area contributed by atoms with Crippen molar-refractivity contribution >= 4 is 22.1 Å². The van der Waals surface area contributed by atoms with Crippen molar-refractivity contribution in [2.75, 3.05) is 0 Å². The number of phenolic OH excluding ortho intramolecular Hbond substituents is 1. The molecule has 0 unspecified atom stereocenters. The third-order valence-corrected chi connectivity index (χ3v) is 5.13. The SMILES string of the molecule is C[C@H](N=Cc1cc(C(C)(C)C)cc(C(C)(C)C)c1O)c1ccc(Br)cc1. The van der Waals surface area contributed by atoms with Gasteiger partial charge in [0.1, 0.15) is 5.75 Å². The minimum Gasteiger partial charge on any atom is -0.507 e. The lowest BCUT2D eigenvalue weighted by molar-refractivity contribution is 0.444. The maximum Gasteiger partial charge on any atom is 0.128 e. The number of aromatic hydroxyl groups is 1. The van der Waals surface area contributed by atoms with E-state index in [-0.39, 0.29) is 16.9 Å². The van der Waals surface area contributed by atoms with Crippen molar-refractivity contribution in [1.29, 1.82) is 0 Å². The van der Waals surface area contributed by atoms with Crippen molar-refractivity contribution < 1.29 is 5.11 Å². The van der Waals surface area contributed by atoms with Gasteiger partial charge in [-0.2, -0.15) is 0 Å². The molecule has 1 N–H and O–H groups in total. The third-order valence-electron chi connectivity index (χ3n) is 4.60. The molecule has 2 aromatic carbocycles. The van der Waals surface area contributed by atoms with E-state index in [4.69, 9.17) is 4.99 Å². The summed E-state index contributed by atoms with van der Waals surface area (Å²) in [5.74, 6) is 0.331. The molecule has 2 aromatic rings. The Kier molecular flexibility index (Phi) is 6.02. The summed E-state index contributed by atoms with van der Waals surface area (Å²) in [5, 5.41) is 10.8. The van der Waals surface area contributed by atoms with Crippen molar-refractivity contribution in [2.45, 2.75) is 65.3 Å². The van der Waals surface area contributed by atoms with Crippen LogP contribution in [0.4, 0.5) is 0 Å². The topological polar surface area (TPSA) is 32.6 Å². The molecule has 0 aliphatic heterocycles. The predicted molar refractivity (Wildman–Crippen MR) is 116 cm³/mol. The smallest absolute Gasteiger partial charge is 0.128 e. The fourth-order valence-corrected chi connectivity index (χ4v) is 3.04. The Balaban J connectivity index is 2.46. The monoisotopic (exact) mass is 415 g/mol. The summed E-state index contributed by atoms with van der Waals surface area (Å²) in [6.07, 6.45) is 1.81. The van der Waals surface area contributed by atoms with Crippen molar-refractivity contribution in [1.82, 2.24) is 0 Å². The van der Waals surface area contributed by atoms with E-state index in [0.29, 0.717) is 5.75 Å². The molecule has 0 saturated heterocycles. The second-order valence-electron chi connectivity index (χ2n) is 8.97. The zero-order chi connectivity index (χ0) is 19.7. The molecule has 26 heavy (non-hydrogen) atoms. The minimum absolute atomic E-state index is 0.00755. The summed E-state index contributed by atoms with van der Waals surface area (Å²) in [7, 11) is 0. The van der Waals surface area contributed by atoms with Crippen LogP contribution in [0.25, 0.3) is 0 Å². The van der Waals surface area contributed by atoms with Crippen LogP contribution < -0.4 is 0 Å². The van der Waals surface area contributed by atoms with Crippen LogP contribution in [0.1, 0.15) is 76.8 Å². The van der Waals surface area contributed by atoms with Gasteiger partial charge in [-0.05, 0) is 47.1 Å². The fourth-order valence-electron chi connectivity index (χ4n) is 2.78. The molecule has 1 atom stereocenters. The van der Waals surface area contributed by atoms with E-state index in [1.54, 1.807) is 0 Å². The van der Waals surface area contributed by atoms with Crippen LogP contribution in [0, 0.1) is 0 Å². The molecule has 0 fully saturated rings. The zero-order valence-electron chi connectivity index (χ0n) is 16.9. The van der Waals surface area contributed by atoms with Crippen LogP contribution in [0.5, 0.6) is 5.75 Å². The largest absolute Gasteiger partial charge is 0.507 e. The molecular formula is C23H30BrNO. The first-order valence-electron chi connectivity index (χ1n) is 9.06. The Hall–Kier alpha value is -1.61. The maximum absolute atomic E-state index is 10.8. The third kappa shape index (κ3) is 4.97. The van der Waals surface area contributed by atoms with Crippen molar-refractivity contribution in [3.63, 3.8) is 0 Å². The molecule has 0 amide bonds. The van der Waals surface area contributed by atoms with E-state index in [1.165, 1.54) is 5.56 Å². The van der Waals surface area contributed by atoms with E-state index in [1.807, 2.05) is 18.3 Å². The van der Waals surface area contributed by atoms with Gasteiger partial charge in [-0.1, -0.05) is 75.7 Å². The van der Waals surface area contributed by atoms with Crippen LogP contribution in [-0.2, 0) is 10.8 Å². The molecule has 0 bridgehead atoms. The van der Waals surface area contributed by atoms with Crippen LogP contribution in [-0.4, -0.2) is 11.3 Å². The molecule has 2 nitrogen and oxygen atoms in total. The highest BCUT2D eigenvalue weighted by atomic mass is 79.9. The van der Waals surface area contributed by atoms with Gasteiger partial charge in [0.15, 0.2) is 0 Å². The number of hydrogen-bond acceptors (Lipinski definition) is 2. The quantitative estimate of drug-likeness (QED) is 0.541. The molecule has 0 aromatic heterocycles. The van der Waals surface area contributed by atoms with Gasteiger partial charge in [0.2, 0.25) is 0 Å². The number of aliphatic imine (C=N–C) groups is 1. The molecular weight excluding hydrogens is 386 g/mol. The molecule has 0 spiro atoms. The van der Waals surface area contributed by atoms with Crippen molar-refractivity contribution in [3.05, 3.63) is 63.1 Å². The maximum atomic E-state index is 10.8. The summed E-state index contributed by atoms with van der Waals surface area (Å²) in [4.78, 5) is 4.70. The Morgan fingerprint density at radius 1 is 0.962 bits per heavy atom. The van der Waals surface area contributed by atoms with Gasteiger partial charge in [-0.25, -0.2) is 0 Å². The van der Waals surface area contributed by atoms with Gasteiger partial charge in [0, 0.05) is 21.8 Å². The van der Waals surface area contributed by atoms with Gasteiger partial charge < -0.3 is 5.11 Å². The highest BCUT2D eigenvalue weighted by molar-refractivity contribution is 9.10. The van der Waals surface area contributed by atoms with E-state index >= 15 is 0 Å². The first-order valence-corrected chi connectivity index (χ1v) is 9.85. The van der Waals surface area contributed by atoms with Gasteiger partial charge in [0.25, 0.3) is 0 Å². The fraction of sp³-hybridized carbons (Fsp3) is 0.435. The standard InChI is InChI=1S/C23H30BrNO/c1-15(16-8-10-19(24)11-9-16)25-14-17-12-18(22(2,3)4)13-20(21(17)26)23(5,6)7/h8-15,26H,1-7H3/t15-/m0/s1. The molecule has 0 radical (unpaired) electrons. The first-order chi connectivity index (χ1) is 11.9. The number of rotatable bonds is 3. The van der Waals surface area contributed by atoms with Crippen molar-refractivity contribution in [2.24, 2.45) is 4.99 Å². The Morgan fingerprint density at radius 2 is 1.54 bits per heavy atom. The van der Waals surface area contributed by atoms with Crippen LogP contribution in [0.3, 0.4) is 0 Å². The molecule has 0 aliphatic rings. The van der Waals surface area contributed by atoms with E-state index in [0.717, 1.165) is 21.2 Å². The first kappa shape index (κ1) is 20.7. The van der Waals surface area contributed by atoms with Crippen LogP contribution in [0.2, 0.25) is 0 Å². The summed E-state index contributed by atoms with van der Waals surface area (Å²) < 4.78 is 1.06. The lowest BCUT2D eigenvalue weighted by Gasteiger charge is -2.27. The molecule has 2 rings (SSSR count). The Labute approximate surface area is 166 Å². The summed E-state index contributed by atoms with van der Waals surface area (Å²) in [6, 6.07) is 12.4. The van der Waals surface area contributed by atoms with Gasteiger partial charge >= 0.3 is 0 Å². The number of phenols is 1. The van der Waals surface area contributed by atoms with Gasteiger partial charge in [-0.15, -0.1) is 0 Å². The number of benzene rings is 2. The van der Waals surface area contributed by atoms with Crippen LogP contribution >= 0.6 is 15.9 Å². The molecule has 0 heterocycles. The lowest BCUT2D eigenvalue weighted by Crippen LogP contribution is -2.17. The number of nitrogens with zero attached hydrogens (tertiary/aromatic N) is 1. The van der Waals surface area contributed by atoms with Crippen molar-refractivity contribution in [3.8, 4) is 5.75 Å². The lowest BCUT2D eigenvalue weighted by atomic mass is 9.79. The molecule has 3 heteroatoms. The molecule has 0 aliphatic carbocycles. The Morgan fingerprint density at radius 3 is 2.04 bits per heavy atom.